The second-order valence-corrected chi connectivity index (χ2v) is 13.7. The van der Waals surface area contributed by atoms with E-state index in [0.717, 1.165) is 0 Å². The van der Waals surface area contributed by atoms with Gasteiger partial charge in [-0.05, 0) is 110 Å². The first-order valence-corrected chi connectivity index (χ1v) is 15.2. The molecule has 0 amide bonds. The second-order valence-electron chi connectivity index (χ2n) is 13.7. The van der Waals surface area contributed by atoms with Crippen LogP contribution in [0, 0.1) is 0 Å². The predicted octanol–water partition coefficient (Wildman–Crippen LogP) is 11.6. The van der Waals surface area contributed by atoms with Crippen molar-refractivity contribution in [3.63, 3.8) is 0 Å². The highest BCUT2D eigenvalue weighted by atomic mass is 14.4. The largest absolute Gasteiger partial charge is 0.0613 e. The molecule has 0 unspecified atom stereocenters. The molecule has 0 spiro atoms. The average molecular weight is 535 g/mol. The first-order chi connectivity index (χ1) is 20.4. The smallest absolute Gasteiger partial charge is 0.0159 e. The highest BCUT2D eigenvalue weighted by Gasteiger charge is 2.35. The first-order valence-electron chi connectivity index (χ1n) is 15.2. The normalized spacial score (nSPS) is 16.0. The molecule has 10 rings (SSSR count). The SMILES string of the molecule is CC1(C)c2cccc3ccc4c(-c5cc6cccc7c6c6c5ccc5cccc(c56)C7(C)C)cc5cccc1c5c4c23. The fourth-order valence-electron chi connectivity index (χ4n) is 8.95. The summed E-state index contributed by atoms with van der Waals surface area (Å²) < 4.78 is 0. The molecule has 2 aliphatic carbocycles. The summed E-state index contributed by atoms with van der Waals surface area (Å²) in [6.07, 6.45) is 0. The van der Waals surface area contributed by atoms with Gasteiger partial charge in [0.15, 0.2) is 0 Å². The van der Waals surface area contributed by atoms with Crippen LogP contribution in [0.3, 0.4) is 0 Å². The summed E-state index contributed by atoms with van der Waals surface area (Å²) in [4.78, 5) is 0. The van der Waals surface area contributed by atoms with E-state index >= 15 is 0 Å². The maximum atomic E-state index is 2.48. The highest BCUT2D eigenvalue weighted by Crippen LogP contribution is 2.54. The third kappa shape index (κ3) is 2.49. The Labute approximate surface area is 245 Å². The van der Waals surface area contributed by atoms with Gasteiger partial charge in [-0.2, -0.15) is 0 Å². The molecule has 0 atom stereocenters. The van der Waals surface area contributed by atoms with Crippen molar-refractivity contribution in [2.24, 2.45) is 0 Å². The van der Waals surface area contributed by atoms with E-state index in [9.17, 15) is 0 Å². The topological polar surface area (TPSA) is 0 Å². The van der Waals surface area contributed by atoms with E-state index in [1.807, 2.05) is 0 Å². The number of hydrogen-bond donors (Lipinski definition) is 0. The molecule has 0 fully saturated rings. The van der Waals surface area contributed by atoms with Gasteiger partial charge in [-0.1, -0.05) is 125 Å². The van der Waals surface area contributed by atoms with E-state index in [2.05, 4.69) is 137 Å². The van der Waals surface area contributed by atoms with E-state index < -0.39 is 0 Å². The van der Waals surface area contributed by atoms with E-state index in [4.69, 9.17) is 0 Å². The van der Waals surface area contributed by atoms with Crippen molar-refractivity contribution >= 4 is 64.6 Å². The van der Waals surface area contributed by atoms with Gasteiger partial charge in [0.2, 0.25) is 0 Å². The van der Waals surface area contributed by atoms with Gasteiger partial charge in [0.05, 0.1) is 0 Å². The first kappa shape index (κ1) is 22.9. The molecule has 0 N–H and O–H groups in total. The Morgan fingerprint density at radius 3 is 1.05 bits per heavy atom. The minimum atomic E-state index is -0.0486. The zero-order valence-corrected chi connectivity index (χ0v) is 24.4. The number of hydrogen-bond acceptors (Lipinski definition) is 0. The van der Waals surface area contributed by atoms with Crippen molar-refractivity contribution in [1.29, 1.82) is 0 Å². The Hall–Kier alpha value is -4.68. The zero-order valence-electron chi connectivity index (χ0n) is 24.4. The number of benzene rings is 8. The van der Waals surface area contributed by atoms with Gasteiger partial charge in [-0.15, -0.1) is 0 Å². The van der Waals surface area contributed by atoms with E-state index in [1.54, 1.807) is 0 Å². The summed E-state index contributed by atoms with van der Waals surface area (Å²) in [5.41, 5.74) is 8.30. The lowest BCUT2D eigenvalue weighted by Crippen LogP contribution is -2.22. The third-order valence-electron chi connectivity index (χ3n) is 10.9. The van der Waals surface area contributed by atoms with Crippen LogP contribution in [0.5, 0.6) is 0 Å². The molecule has 0 saturated heterocycles. The molecule has 42 heavy (non-hydrogen) atoms. The van der Waals surface area contributed by atoms with Crippen LogP contribution in [0.2, 0.25) is 0 Å². The molecule has 0 aliphatic heterocycles. The van der Waals surface area contributed by atoms with Crippen LogP contribution in [0.1, 0.15) is 49.9 Å². The lowest BCUT2D eigenvalue weighted by atomic mass is 9.68. The Kier molecular flexibility index (Phi) is 3.93. The molecule has 0 bridgehead atoms. The molecule has 0 aromatic heterocycles. The quantitative estimate of drug-likeness (QED) is 0.184. The summed E-state index contributed by atoms with van der Waals surface area (Å²) >= 11 is 0. The maximum absolute atomic E-state index is 2.48. The van der Waals surface area contributed by atoms with Gasteiger partial charge in [0.25, 0.3) is 0 Å². The average Bonchev–Trinajstić information content (AvgIpc) is 3.01. The monoisotopic (exact) mass is 534 g/mol. The fourth-order valence-corrected chi connectivity index (χ4v) is 8.95. The Balaban J connectivity index is 1.46. The second kappa shape index (κ2) is 7.20. The molecule has 0 saturated carbocycles. The molecule has 0 heterocycles. The lowest BCUT2D eigenvalue weighted by molar-refractivity contribution is 0.652. The van der Waals surface area contributed by atoms with Crippen molar-refractivity contribution in [3.8, 4) is 11.1 Å². The molecule has 8 aromatic carbocycles. The zero-order chi connectivity index (χ0) is 28.1. The summed E-state index contributed by atoms with van der Waals surface area (Å²) in [5.74, 6) is 0. The van der Waals surface area contributed by atoms with Gasteiger partial charge in [-0.3, -0.25) is 0 Å². The van der Waals surface area contributed by atoms with Gasteiger partial charge < -0.3 is 0 Å². The van der Waals surface area contributed by atoms with Crippen LogP contribution in [0.25, 0.3) is 75.8 Å². The minimum absolute atomic E-state index is 0.0486. The Morgan fingerprint density at radius 1 is 0.333 bits per heavy atom. The maximum Gasteiger partial charge on any atom is 0.0159 e. The lowest BCUT2D eigenvalue weighted by Gasteiger charge is -2.35. The predicted molar refractivity (Wildman–Crippen MR) is 181 cm³/mol. The van der Waals surface area contributed by atoms with E-state index in [0.29, 0.717) is 0 Å². The highest BCUT2D eigenvalue weighted by molar-refractivity contribution is 6.31. The van der Waals surface area contributed by atoms with Gasteiger partial charge in [0.1, 0.15) is 0 Å². The molecule has 8 aromatic rings. The molecular formula is C42H30. The van der Waals surface area contributed by atoms with E-state index in [-0.39, 0.29) is 10.8 Å². The molecule has 0 heteroatoms. The minimum Gasteiger partial charge on any atom is -0.0613 e. The summed E-state index contributed by atoms with van der Waals surface area (Å²) in [6, 6.07) is 42.0. The molecule has 0 nitrogen and oxygen atoms in total. The summed E-state index contributed by atoms with van der Waals surface area (Å²) in [5, 5.41) is 16.6. The molecule has 2 aliphatic rings. The molecule has 0 radical (unpaired) electrons. The van der Waals surface area contributed by atoms with Crippen molar-refractivity contribution in [1.82, 2.24) is 0 Å². The molecular weight excluding hydrogens is 504 g/mol. The van der Waals surface area contributed by atoms with Crippen LogP contribution < -0.4 is 0 Å². The fraction of sp³-hybridized carbons (Fsp3) is 0.143. The van der Waals surface area contributed by atoms with Crippen molar-refractivity contribution in [2.45, 2.75) is 38.5 Å². The van der Waals surface area contributed by atoms with Gasteiger partial charge in [-0.25, -0.2) is 0 Å². The van der Waals surface area contributed by atoms with Crippen LogP contribution in [-0.4, -0.2) is 0 Å². The Bertz CT molecular complexity index is 2320. The van der Waals surface area contributed by atoms with Gasteiger partial charge >= 0.3 is 0 Å². The third-order valence-corrected chi connectivity index (χ3v) is 10.9. The molecule has 198 valence electrons. The van der Waals surface area contributed by atoms with Gasteiger partial charge in [0, 0.05) is 10.8 Å². The van der Waals surface area contributed by atoms with Crippen LogP contribution in [0.4, 0.5) is 0 Å². The summed E-state index contributed by atoms with van der Waals surface area (Å²) in [7, 11) is 0. The van der Waals surface area contributed by atoms with Crippen LogP contribution >= 0.6 is 0 Å². The van der Waals surface area contributed by atoms with E-state index in [1.165, 1.54) is 98.0 Å². The Morgan fingerprint density at radius 2 is 0.667 bits per heavy atom. The standard InChI is InChI=1S/C42H30/c1-41(2)31-13-5-9-23-17-19-27-29(21-25-11-7-15-33(41)37(25)39(27)35(23)31)30-22-26-12-8-16-34-38(26)40-28(30)20-18-24-10-6-14-32(36(24)40)42(34,3)4/h5-22H,1-4H3. The number of rotatable bonds is 1. The van der Waals surface area contributed by atoms with Crippen molar-refractivity contribution in [2.75, 3.05) is 0 Å². The van der Waals surface area contributed by atoms with Crippen LogP contribution in [0.15, 0.2) is 109 Å². The van der Waals surface area contributed by atoms with Crippen molar-refractivity contribution < 1.29 is 0 Å². The van der Waals surface area contributed by atoms with Crippen molar-refractivity contribution in [3.05, 3.63) is 131 Å². The summed E-state index contributed by atoms with van der Waals surface area (Å²) in [6.45, 7) is 9.57. The van der Waals surface area contributed by atoms with Crippen LogP contribution in [-0.2, 0) is 10.8 Å².